The van der Waals surface area contributed by atoms with Crippen molar-refractivity contribution < 1.29 is 0 Å². The van der Waals surface area contributed by atoms with Crippen LogP contribution in [0, 0.1) is 6.92 Å². The van der Waals surface area contributed by atoms with Crippen molar-refractivity contribution in [3.05, 3.63) is 52.2 Å². The van der Waals surface area contributed by atoms with Crippen LogP contribution in [0.3, 0.4) is 0 Å². The molecule has 0 fully saturated rings. The summed E-state index contributed by atoms with van der Waals surface area (Å²) in [5.41, 5.74) is 3.47. The summed E-state index contributed by atoms with van der Waals surface area (Å²) in [6, 6.07) is 2.38. The predicted octanol–water partition coefficient (Wildman–Crippen LogP) is 2.41. The second kappa shape index (κ2) is 4.51. The van der Waals surface area contributed by atoms with Crippen molar-refractivity contribution in [1.82, 2.24) is 19.9 Å². The summed E-state index contributed by atoms with van der Waals surface area (Å²) in [5.74, 6) is 0. The summed E-state index contributed by atoms with van der Waals surface area (Å²) >= 11 is 1.77. The van der Waals surface area contributed by atoms with Crippen LogP contribution in [0.1, 0.15) is 22.0 Å². The van der Waals surface area contributed by atoms with E-state index in [1.807, 2.05) is 30.2 Å². The number of hydrogen-bond acceptors (Lipinski definition) is 4. The number of hydrogen-bond donors (Lipinski definition) is 1. The minimum absolute atomic E-state index is 0.164. The Labute approximate surface area is 109 Å². The topological polar surface area (TPSA) is 42.2 Å². The summed E-state index contributed by atoms with van der Waals surface area (Å²) in [6.07, 6.45) is 7.37. The molecule has 0 aliphatic heterocycles. The summed E-state index contributed by atoms with van der Waals surface area (Å²) in [7, 11) is 1.97. The molecule has 1 unspecified atom stereocenters. The fourth-order valence-corrected chi connectivity index (χ4v) is 2.92. The monoisotopic (exact) mass is 258 g/mol. The number of rotatable bonds is 3. The molecule has 0 radical (unpaired) electrons. The number of fused-ring (bicyclic) bond motifs is 1. The molecule has 1 atom stereocenters. The molecule has 0 saturated heterocycles. The van der Waals surface area contributed by atoms with Crippen molar-refractivity contribution in [1.29, 1.82) is 0 Å². The molecule has 5 heteroatoms. The lowest BCUT2D eigenvalue weighted by molar-refractivity contribution is 0.698. The van der Waals surface area contributed by atoms with E-state index in [1.165, 1.54) is 10.4 Å². The van der Waals surface area contributed by atoms with Gasteiger partial charge in [0.2, 0.25) is 0 Å². The molecular formula is C13H14N4S. The molecule has 0 aliphatic carbocycles. The first-order chi connectivity index (χ1) is 8.79. The van der Waals surface area contributed by atoms with Crippen molar-refractivity contribution in [2.24, 2.45) is 0 Å². The van der Waals surface area contributed by atoms with Crippen LogP contribution in [-0.2, 0) is 0 Å². The summed E-state index contributed by atoms with van der Waals surface area (Å²) < 4.78 is 1.85. The van der Waals surface area contributed by atoms with E-state index in [-0.39, 0.29) is 6.04 Å². The highest BCUT2D eigenvalue weighted by Crippen LogP contribution is 2.28. The van der Waals surface area contributed by atoms with Gasteiger partial charge in [0.1, 0.15) is 0 Å². The molecule has 0 aliphatic rings. The fraction of sp³-hybridized carbons (Fsp3) is 0.231. The van der Waals surface area contributed by atoms with Crippen LogP contribution in [0.4, 0.5) is 0 Å². The molecular weight excluding hydrogens is 244 g/mol. The lowest BCUT2D eigenvalue weighted by atomic mass is 10.0. The fourth-order valence-electron chi connectivity index (χ4n) is 2.19. The number of nitrogens with one attached hydrogen (secondary N) is 1. The third kappa shape index (κ3) is 1.81. The van der Waals surface area contributed by atoms with E-state index >= 15 is 0 Å². The zero-order chi connectivity index (χ0) is 12.5. The van der Waals surface area contributed by atoms with Crippen molar-refractivity contribution >= 4 is 16.9 Å². The van der Waals surface area contributed by atoms with Gasteiger partial charge in [-0.05, 0) is 31.0 Å². The second-order valence-corrected chi connectivity index (χ2v) is 5.33. The first-order valence-electron chi connectivity index (χ1n) is 5.79. The molecule has 3 heterocycles. The van der Waals surface area contributed by atoms with E-state index in [0.717, 1.165) is 11.1 Å². The van der Waals surface area contributed by atoms with Crippen molar-refractivity contribution in [2.75, 3.05) is 7.05 Å². The molecule has 0 saturated carbocycles. The Balaban J connectivity index is 2.11. The molecule has 4 nitrogen and oxygen atoms in total. The number of aryl methyl sites for hydroxylation is 1. The van der Waals surface area contributed by atoms with Gasteiger partial charge in [-0.3, -0.25) is 4.98 Å². The van der Waals surface area contributed by atoms with Gasteiger partial charge in [-0.15, -0.1) is 11.3 Å². The highest BCUT2D eigenvalue weighted by molar-refractivity contribution is 7.10. The van der Waals surface area contributed by atoms with Gasteiger partial charge in [0.15, 0.2) is 0 Å². The van der Waals surface area contributed by atoms with Gasteiger partial charge in [-0.1, -0.05) is 0 Å². The van der Waals surface area contributed by atoms with Crippen LogP contribution in [0.2, 0.25) is 0 Å². The summed E-state index contributed by atoms with van der Waals surface area (Å²) in [6.45, 7) is 2.12. The maximum absolute atomic E-state index is 4.36. The van der Waals surface area contributed by atoms with E-state index in [2.05, 4.69) is 33.8 Å². The Morgan fingerprint density at radius 1 is 1.39 bits per heavy atom. The normalized spacial score (nSPS) is 13.0. The van der Waals surface area contributed by atoms with Crippen LogP contribution in [-0.4, -0.2) is 21.6 Å². The first kappa shape index (κ1) is 11.4. The van der Waals surface area contributed by atoms with Gasteiger partial charge in [0, 0.05) is 22.8 Å². The van der Waals surface area contributed by atoms with Gasteiger partial charge in [-0.2, -0.15) is 5.10 Å². The van der Waals surface area contributed by atoms with Crippen LogP contribution in [0.25, 0.3) is 5.52 Å². The SMILES string of the molecule is CNC(c1csc(C)c1)c1cnn2ccncc12. The van der Waals surface area contributed by atoms with Crippen LogP contribution in [0.5, 0.6) is 0 Å². The van der Waals surface area contributed by atoms with Crippen molar-refractivity contribution in [2.45, 2.75) is 13.0 Å². The summed E-state index contributed by atoms with van der Waals surface area (Å²) in [4.78, 5) is 5.49. The average molecular weight is 258 g/mol. The zero-order valence-corrected chi connectivity index (χ0v) is 11.1. The molecule has 92 valence electrons. The number of aromatic nitrogens is 3. The van der Waals surface area contributed by atoms with Crippen LogP contribution in [0.15, 0.2) is 36.2 Å². The minimum Gasteiger partial charge on any atom is -0.309 e. The maximum Gasteiger partial charge on any atom is 0.0896 e. The lowest BCUT2D eigenvalue weighted by Crippen LogP contribution is -2.16. The van der Waals surface area contributed by atoms with Crippen molar-refractivity contribution in [3.8, 4) is 0 Å². The van der Waals surface area contributed by atoms with Gasteiger partial charge in [0.05, 0.1) is 24.0 Å². The smallest absolute Gasteiger partial charge is 0.0896 e. The quantitative estimate of drug-likeness (QED) is 0.784. The number of nitrogens with zero attached hydrogens (tertiary/aromatic N) is 3. The molecule has 18 heavy (non-hydrogen) atoms. The Morgan fingerprint density at radius 2 is 2.28 bits per heavy atom. The molecule has 3 aromatic heterocycles. The standard InChI is InChI=1S/C13H14N4S/c1-9-5-10(8-18-9)13(14-2)11-6-16-17-4-3-15-7-12(11)17/h3-8,13-14H,1-2H3. The van der Waals surface area contributed by atoms with Gasteiger partial charge >= 0.3 is 0 Å². The van der Waals surface area contributed by atoms with Gasteiger partial charge in [0.25, 0.3) is 0 Å². The molecule has 0 bridgehead atoms. The van der Waals surface area contributed by atoms with E-state index in [1.54, 1.807) is 17.5 Å². The van der Waals surface area contributed by atoms with E-state index in [9.17, 15) is 0 Å². The Bertz CT molecular complexity index is 670. The van der Waals surface area contributed by atoms with Crippen molar-refractivity contribution in [3.63, 3.8) is 0 Å². The van der Waals surface area contributed by atoms with Crippen LogP contribution >= 0.6 is 11.3 Å². The molecule has 1 N–H and O–H groups in total. The van der Waals surface area contributed by atoms with Gasteiger partial charge in [-0.25, -0.2) is 4.52 Å². The highest BCUT2D eigenvalue weighted by Gasteiger charge is 2.17. The Hall–Kier alpha value is -1.72. The first-order valence-corrected chi connectivity index (χ1v) is 6.67. The predicted molar refractivity (Wildman–Crippen MR) is 72.9 cm³/mol. The molecule has 0 amide bonds. The zero-order valence-electron chi connectivity index (χ0n) is 10.3. The number of thiophene rings is 1. The van der Waals surface area contributed by atoms with Crippen LogP contribution < -0.4 is 5.32 Å². The van der Waals surface area contributed by atoms with E-state index in [0.29, 0.717) is 0 Å². The Kier molecular flexibility index (Phi) is 2.85. The molecule has 3 aromatic rings. The minimum atomic E-state index is 0.164. The van der Waals surface area contributed by atoms with E-state index in [4.69, 9.17) is 0 Å². The molecule has 3 rings (SSSR count). The van der Waals surface area contributed by atoms with Gasteiger partial charge < -0.3 is 5.32 Å². The molecule has 0 aromatic carbocycles. The Morgan fingerprint density at radius 3 is 3.00 bits per heavy atom. The highest BCUT2D eigenvalue weighted by atomic mass is 32.1. The third-order valence-corrected chi connectivity index (χ3v) is 3.92. The maximum atomic E-state index is 4.36. The third-order valence-electron chi connectivity index (χ3n) is 3.04. The largest absolute Gasteiger partial charge is 0.309 e. The average Bonchev–Trinajstić information content (AvgIpc) is 2.98. The lowest BCUT2D eigenvalue weighted by Gasteiger charge is -2.13. The second-order valence-electron chi connectivity index (χ2n) is 4.22. The van der Waals surface area contributed by atoms with E-state index < -0.39 is 0 Å². The molecule has 0 spiro atoms. The summed E-state index contributed by atoms with van der Waals surface area (Å²) in [5, 5.41) is 9.90.